The molecule has 0 aliphatic carbocycles. The van der Waals surface area contributed by atoms with Crippen LogP contribution in [-0.2, 0) is 6.61 Å². The predicted octanol–water partition coefficient (Wildman–Crippen LogP) is 9.45. The van der Waals surface area contributed by atoms with Gasteiger partial charge in [-0.3, -0.25) is 4.79 Å². The Kier molecular flexibility index (Phi) is 16.7. The molecule has 1 amide bonds. The van der Waals surface area contributed by atoms with E-state index in [2.05, 4.69) is 34.8 Å². The molecule has 5 heteroatoms. The molecule has 2 rings (SSSR count). The Morgan fingerprint density at radius 3 is 1.80 bits per heavy atom. The first kappa shape index (κ1) is 29.7. The summed E-state index contributed by atoms with van der Waals surface area (Å²) in [5.41, 5.74) is 0. The maximum Gasteiger partial charge on any atom is 0.286 e. The van der Waals surface area contributed by atoms with E-state index in [0.29, 0.717) is 24.7 Å². The minimum atomic E-state index is -0.147. The predicted molar refractivity (Wildman–Crippen MR) is 154 cm³/mol. The number of hydrogen-bond acceptors (Lipinski definition) is 3. The first-order valence-electron chi connectivity index (χ1n) is 13.9. The number of carbonyl (C=O) groups excluding carboxylic acids is 1. The van der Waals surface area contributed by atoms with Crippen LogP contribution in [-0.4, -0.2) is 12.5 Å². The number of ether oxygens (including phenoxy) is 1. The van der Waals surface area contributed by atoms with Gasteiger partial charge in [0.1, 0.15) is 18.1 Å². The zero-order chi connectivity index (χ0) is 25.0. The number of rotatable bonds is 21. The fourth-order valence-electron chi connectivity index (χ4n) is 4.22. The highest BCUT2D eigenvalue weighted by atomic mass is 127. The summed E-state index contributed by atoms with van der Waals surface area (Å²) in [5, 5.41) is 2.97. The number of halogens is 1. The highest BCUT2D eigenvalue weighted by molar-refractivity contribution is 14.1. The molecular weight excluding hydrogens is 549 g/mol. The van der Waals surface area contributed by atoms with Crippen molar-refractivity contribution in [1.82, 2.24) is 5.32 Å². The molecule has 1 aromatic carbocycles. The summed E-state index contributed by atoms with van der Waals surface area (Å²) in [6.45, 7) is 3.29. The number of furan rings is 1. The normalized spacial score (nSPS) is 11.0. The lowest BCUT2D eigenvalue weighted by atomic mass is 10.0. The van der Waals surface area contributed by atoms with Crippen LogP contribution in [0.5, 0.6) is 5.75 Å². The average molecular weight is 596 g/mol. The van der Waals surface area contributed by atoms with Crippen LogP contribution in [0.1, 0.15) is 126 Å². The monoisotopic (exact) mass is 595 g/mol. The summed E-state index contributed by atoms with van der Waals surface area (Å²) in [6, 6.07) is 11.4. The fraction of sp³-hybridized carbons (Fsp3) is 0.633. The number of hydrogen-bond donors (Lipinski definition) is 1. The molecular formula is C30H46INO3. The molecule has 1 heterocycles. The number of carbonyl (C=O) groups is 1. The first-order valence-corrected chi connectivity index (χ1v) is 15.0. The summed E-state index contributed by atoms with van der Waals surface area (Å²) < 4.78 is 12.5. The summed E-state index contributed by atoms with van der Waals surface area (Å²) in [4.78, 5) is 12.3. The molecule has 0 saturated carbocycles. The lowest BCUT2D eigenvalue weighted by Gasteiger charge is -2.05. The summed E-state index contributed by atoms with van der Waals surface area (Å²) in [7, 11) is 0. The van der Waals surface area contributed by atoms with Gasteiger partial charge in [-0.15, -0.1) is 0 Å². The number of unbranched alkanes of at least 4 members (excludes halogenated alkanes) is 15. The third-order valence-corrected chi connectivity index (χ3v) is 7.12. The van der Waals surface area contributed by atoms with Gasteiger partial charge in [0.2, 0.25) is 0 Å². The van der Waals surface area contributed by atoms with Gasteiger partial charge in [0.25, 0.3) is 5.91 Å². The van der Waals surface area contributed by atoms with Crippen LogP contribution in [0.2, 0.25) is 0 Å². The second-order valence-corrected chi connectivity index (χ2v) is 10.8. The highest BCUT2D eigenvalue weighted by Gasteiger charge is 2.11. The van der Waals surface area contributed by atoms with Crippen molar-refractivity contribution in [2.75, 3.05) is 6.54 Å². The molecule has 0 radical (unpaired) electrons. The van der Waals surface area contributed by atoms with Gasteiger partial charge in [-0.05, 0) is 65.4 Å². The highest BCUT2D eigenvalue weighted by Crippen LogP contribution is 2.17. The minimum absolute atomic E-state index is 0.147. The van der Waals surface area contributed by atoms with E-state index in [1.807, 2.05) is 24.3 Å². The van der Waals surface area contributed by atoms with Crippen molar-refractivity contribution in [3.8, 4) is 5.75 Å². The molecule has 0 unspecified atom stereocenters. The van der Waals surface area contributed by atoms with Gasteiger partial charge in [0, 0.05) is 10.1 Å². The summed E-state index contributed by atoms with van der Waals surface area (Å²) in [6.07, 6.45) is 21.6. The van der Waals surface area contributed by atoms with Crippen molar-refractivity contribution in [3.05, 3.63) is 51.5 Å². The molecule has 0 saturated heterocycles. The topological polar surface area (TPSA) is 51.5 Å². The van der Waals surface area contributed by atoms with E-state index in [1.54, 1.807) is 12.1 Å². The Morgan fingerprint density at radius 2 is 1.26 bits per heavy atom. The molecule has 0 spiro atoms. The fourth-order valence-corrected chi connectivity index (χ4v) is 4.58. The van der Waals surface area contributed by atoms with E-state index in [0.717, 1.165) is 15.7 Å². The number of amides is 1. The summed E-state index contributed by atoms with van der Waals surface area (Å²) in [5.74, 6) is 1.64. The molecule has 2 aromatic rings. The molecule has 0 bridgehead atoms. The zero-order valence-electron chi connectivity index (χ0n) is 21.8. The standard InChI is InChI=1S/C30H46INO3/c1-2-3-4-5-6-7-8-9-10-11-12-13-14-15-16-17-24-32-30(33)29-23-22-28(35-29)25-34-27-20-18-26(31)19-21-27/h18-23H,2-17,24-25H2,1H3,(H,32,33). The van der Waals surface area contributed by atoms with E-state index in [9.17, 15) is 4.79 Å². The van der Waals surface area contributed by atoms with Crippen LogP contribution in [0.3, 0.4) is 0 Å². The van der Waals surface area contributed by atoms with Gasteiger partial charge in [-0.2, -0.15) is 0 Å². The first-order chi connectivity index (χ1) is 17.2. The Bertz CT molecular complexity index is 787. The van der Waals surface area contributed by atoms with Gasteiger partial charge in [0.15, 0.2) is 5.76 Å². The average Bonchev–Trinajstić information content (AvgIpc) is 3.35. The molecule has 4 nitrogen and oxygen atoms in total. The van der Waals surface area contributed by atoms with Crippen molar-refractivity contribution in [2.24, 2.45) is 0 Å². The van der Waals surface area contributed by atoms with E-state index in [-0.39, 0.29) is 5.91 Å². The zero-order valence-corrected chi connectivity index (χ0v) is 24.0. The molecule has 0 aliphatic heterocycles. The second-order valence-electron chi connectivity index (χ2n) is 9.57. The minimum Gasteiger partial charge on any atom is -0.486 e. The molecule has 0 aliphatic rings. The smallest absolute Gasteiger partial charge is 0.286 e. The van der Waals surface area contributed by atoms with E-state index >= 15 is 0 Å². The third kappa shape index (κ3) is 14.6. The number of benzene rings is 1. The molecule has 1 aromatic heterocycles. The maximum atomic E-state index is 12.3. The molecule has 0 atom stereocenters. The molecule has 1 N–H and O–H groups in total. The van der Waals surface area contributed by atoms with E-state index in [1.165, 1.54) is 96.3 Å². The van der Waals surface area contributed by atoms with E-state index < -0.39 is 0 Å². The van der Waals surface area contributed by atoms with Crippen LogP contribution in [0.4, 0.5) is 0 Å². The lowest BCUT2D eigenvalue weighted by molar-refractivity contribution is 0.0921. The lowest BCUT2D eigenvalue weighted by Crippen LogP contribution is -2.23. The number of nitrogens with one attached hydrogen (secondary N) is 1. The third-order valence-electron chi connectivity index (χ3n) is 6.40. The Hall–Kier alpha value is -1.50. The van der Waals surface area contributed by atoms with Gasteiger partial charge in [-0.25, -0.2) is 0 Å². The maximum absolute atomic E-state index is 12.3. The van der Waals surface area contributed by atoms with Crippen molar-refractivity contribution in [3.63, 3.8) is 0 Å². The van der Waals surface area contributed by atoms with Crippen LogP contribution in [0.25, 0.3) is 0 Å². The largest absolute Gasteiger partial charge is 0.486 e. The van der Waals surface area contributed by atoms with Crippen LogP contribution < -0.4 is 10.1 Å². The molecule has 196 valence electrons. The van der Waals surface area contributed by atoms with Crippen LogP contribution in [0.15, 0.2) is 40.8 Å². The van der Waals surface area contributed by atoms with Crippen molar-refractivity contribution in [1.29, 1.82) is 0 Å². The Labute approximate surface area is 227 Å². The summed E-state index contributed by atoms with van der Waals surface area (Å²) >= 11 is 2.26. The van der Waals surface area contributed by atoms with Crippen LogP contribution >= 0.6 is 22.6 Å². The molecule has 0 fully saturated rings. The van der Waals surface area contributed by atoms with Gasteiger partial charge in [0.05, 0.1) is 0 Å². The second kappa shape index (κ2) is 19.7. The van der Waals surface area contributed by atoms with Gasteiger partial charge < -0.3 is 14.5 Å². The van der Waals surface area contributed by atoms with Crippen molar-refractivity contribution >= 4 is 28.5 Å². The quantitative estimate of drug-likeness (QED) is 0.116. The van der Waals surface area contributed by atoms with Gasteiger partial charge in [-0.1, -0.05) is 103 Å². The van der Waals surface area contributed by atoms with Gasteiger partial charge >= 0.3 is 0 Å². The Balaban J connectivity index is 1.38. The van der Waals surface area contributed by atoms with Crippen molar-refractivity contribution in [2.45, 2.75) is 116 Å². The Morgan fingerprint density at radius 1 is 0.743 bits per heavy atom. The van der Waals surface area contributed by atoms with Crippen LogP contribution in [0, 0.1) is 3.57 Å². The SMILES string of the molecule is CCCCCCCCCCCCCCCCCCNC(=O)c1ccc(COc2ccc(I)cc2)o1. The van der Waals surface area contributed by atoms with Crippen molar-refractivity contribution < 1.29 is 13.9 Å². The molecule has 35 heavy (non-hydrogen) atoms. The van der Waals surface area contributed by atoms with E-state index in [4.69, 9.17) is 9.15 Å².